The van der Waals surface area contributed by atoms with E-state index in [0.29, 0.717) is 5.92 Å². The Morgan fingerprint density at radius 1 is 1.05 bits per heavy atom. The van der Waals surface area contributed by atoms with Gasteiger partial charge >= 0.3 is 0 Å². The molecule has 2 N–H and O–H groups in total. The van der Waals surface area contributed by atoms with Gasteiger partial charge in [-0.15, -0.1) is 0 Å². The highest BCUT2D eigenvalue weighted by molar-refractivity contribution is 5.62. The van der Waals surface area contributed by atoms with Crippen molar-refractivity contribution >= 4 is 5.95 Å². The maximum atomic E-state index is 9.18. The Balaban J connectivity index is 2.28. The van der Waals surface area contributed by atoms with Crippen LogP contribution >= 0.6 is 0 Å². The summed E-state index contributed by atoms with van der Waals surface area (Å²) in [7, 11) is 0. The number of rotatable bonds is 3. The van der Waals surface area contributed by atoms with E-state index in [2.05, 4.69) is 29.9 Å². The molecule has 2 aromatic rings. The van der Waals surface area contributed by atoms with Gasteiger partial charge < -0.3 is 5.73 Å². The Kier molecular flexibility index (Phi) is 3.76. The number of hydrogen-bond acceptors (Lipinski definition) is 4. The van der Waals surface area contributed by atoms with Crippen LogP contribution in [0.25, 0.3) is 11.1 Å². The van der Waals surface area contributed by atoms with Crippen molar-refractivity contribution in [2.45, 2.75) is 19.8 Å². The van der Waals surface area contributed by atoms with Crippen molar-refractivity contribution in [1.82, 2.24) is 9.97 Å². The molecule has 1 unspecified atom stereocenters. The summed E-state index contributed by atoms with van der Waals surface area (Å²) in [5, 5.41) is 9.18. The Bertz CT molecular complexity index is 579. The number of nitrogens with two attached hydrogens (primary N) is 1. The molecule has 0 spiro atoms. The molecule has 19 heavy (non-hydrogen) atoms. The van der Waals surface area contributed by atoms with Crippen LogP contribution in [0.4, 0.5) is 5.95 Å². The molecule has 4 nitrogen and oxygen atoms in total. The molecule has 1 aromatic carbocycles. The zero-order valence-electron chi connectivity index (χ0n) is 11.0. The van der Waals surface area contributed by atoms with Crippen molar-refractivity contribution in [1.29, 1.82) is 5.26 Å². The van der Waals surface area contributed by atoms with Crippen LogP contribution in [0.1, 0.15) is 25.3 Å². The van der Waals surface area contributed by atoms with E-state index >= 15 is 0 Å². The minimum Gasteiger partial charge on any atom is -0.368 e. The van der Waals surface area contributed by atoms with Gasteiger partial charge in [0.2, 0.25) is 5.95 Å². The molecule has 0 amide bonds. The van der Waals surface area contributed by atoms with Crippen LogP contribution in [0.3, 0.4) is 0 Å². The first-order valence-corrected chi connectivity index (χ1v) is 6.19. The first-order chi connectivity index (χ1) is 9.11. The number of benzene rings is 1. The molecule has 0 saturated heterocycles. The maximum absolute atomic E-state index is 9.18. The minimum atomic E-state index is -0.0725. The van der Waals surface area contributed by atoms with E-state index in [1.807, 2.05) is 24.3 Å². The van der Waals surface area contributed by atoms with Crippen LogP contribution in [0, 0.1) is 17.2 Å². The maximum Gasteiger partial charge on any atom is 0.219 e. The predicted octanol–water partition coefficient (Wildman–Crippen LogP) is 2.99. The van der Waals surface area contributed by atoms with Crippen molar-refractivity contribution in [3.63, 3.8) is 0 Å². The summed E-state index contributed by atoms with van der Waals surface area (Å²) < 4.78 is 0. The van der Waals surface area contributed by atoms with Crippen LogP contribution in [0.5, 0.6) is 0 Å². The van der Waals surface area contributed by atoms with Crippen LogP contribution in [-0.2, 0) is 0 Å². The van der Waals surface area contributed by atoms with Crippen LogP contribution < -0.4 is 5.73 Å². The van der Waals surface area contributed by atoms with E-state index in [1.54, 1.807) is 12.4 Å². The summed E-state index contributed by atoms with van der Waals surface area (Å²) in [6.45, 7) is 4.10. The van der Waals surface area contributed by atoms with E-state index in [-0.39, 0.29) is 11.9 Å². The van der Waals surface area contributed by atoms with E-state index in [4.69, 9.17) is 5.73 Å². The lowest BCUT2D eigenvalue weighted by Gasteiger charge is -2.13. The van der Waals surface area contributed by atoms with E-state index in [0.717, 1.165) is 16.7 Å². The number of nitrogens with zero attached hydrogens (tertiary/aromatic N) is 3. The molecule has 0 aliphatic rings. The average molecular weight is 252 g/mol. The molecule has 1 aromatic heterocycles. The highest BCUT2D eigenvalue weighted by atomic mass is 15.0. The normalized spacial score (nSPS) is 12.1. The summed E-state index contributed by atoms with van der Waals surface area (Å²) in [4.78, 5) is 7.94. The molecule has 1 atom stereocenters. The first kappa shape index (κ1) is 13.0. The van der Waals surface area contributed by atoms with Gasteiger partial charge in [0.1, 0.15) is 0 Å². The van der Waals surface area contributed by atoms with Gasteiger partial charge in [-0.25, -0.2) is 9.97 Å². The molecular weight excluding hydrogens is 236 g/mol. The highest BCUT2D eigenvalue weighted by Crippen LogP contribution is 2.26. The summed E-state index contributed by atoms with van der Waals surface area (Å²) in [5.41, 5.74) is 8.43. The van der Waals surface area contributed by atoms with Gasteiger partial charge in [0.05, 0.1) is 12.0 Å². The fourth-order valence-corrected chi connectivity index (χ4v) is 1.98. The Labute approximate surface area is 112 Å². The fourth-order valence-electron chi connectivity index (χ4n) is 1.98. The second kappa shape index (κ2) is 5.49. The third-order valence-electron chi connectivity index (χ3n) is 3.08. The van der Waals surface area contributed by atoms with Gasteiger partial charge in [0, 0.05) is 18.0 Å². The lowest BCUT2D eigenvalue weighted by molar-refractivity contribution is 0.587. The van der Waals surface area contributed by atoms with Crippen molar-refractivity contribution < 1.29 is 0 Å². The van der Waals surface area contributed by atoms with Crippen LogP contribution in [-0.4, -0.2) is 9.97 Å². The molecule has 0 fully saturated rings. The van der Waals surface area contributed by atoms with E-state index < -0.39 is 0 Å². The standard InChI is InChI=1S/C15H16N4/c1-10(2)14(7-16)12-5-3-11(4-6-12)13-8-18-15(17)19-9-13/h3-6,8-10,14H,1-2H3,(H2,17,18,19). The van der Waals surface area contributed by atoms with Gasteiger partial charge in [0.15, 0.2) is 0 Å². The zero-order valence-corrected chi connectivity index (χ0v) is 11.0. The predicted molar refractivity (Wildman–Crippen MR) is 75.1 cm³/mol. The SMILES string of the molecule is CC(C)C(C#N)c1ccc(-c2cnc(N)nc2)cc1. The lowest BCUT2D eigenvalue weighted by atomic mass is 9.89. The number of aromatic nitrogens is 2. The monoisotopic (exact) mass is 252 g/mol. The molecule has 0 aliphatic heterocycles. The first-order valence-electron chi connectivity index (χ1n) is 6.19. The summed E-state index contributed by atoms with van der Waals surface area (Å²) >= 11 is 0. The van der Waals surface area contributed by atoms with Crippen LogP contribution in [0.15, 0.2) is 36.7 Å². The third kappa shape index (κ3) is 2.89. The molecule has 2 rings (SSSR count). The Morgan fingerprint density at radius 3 is 2.11 bits per heavy atom. The van der Waals surface area contributed by atoms with Gasteiger partial charge in [-0.2, -0.15) is 5.26 Å². The molecule has 0 aliphatic carbocycles. The molecule has 96 valence electrons. The quantitative estimate of drug-likeness (QED) is 0.911. The number of nitriles is 1. The molecule has 1 heterocycles. The van der Waals surface area contributed by atoms with Crippen molar-refractivity contribution in [2.75, 3.05) is 5.73 Å². The van der Waals surface area contributed by atoms with Crippen LogP contribution in [0.2, 0.25) is 0 Å². The lowest BCUT2D eigenvalue weighted by Crippen LogP contribution is -2.03. The summed E-state index contributed by atoms with van der Waals surface area (Å²) in [6, 6.07) is 10.3. The highest BCUT2D eigenvalue weighted by Gasteiger charge is 2.14. The third-order valence-corrected chi connectivity index (χ3v) is 3.08. The number of anilines is 1. The smallest absolute Gasteiger partial charge is 0.219 e. The zero-order chi connectivity index (χ0) is 13.8. The fraction of sp³-hybridized carbons (Fsp3) is 0.267. The van der Waals surface area contributed by atoms with Crippen molar-refractivity contribution in [2.24, 2.45) is 5.92 Å². The molecule has 4 heteroatoms. The summed E-state index contributed by atoms with van der Waals surface area (Å²) in [6.07, 6.45) is 3.39. The van der Waals surface area contributed by atoms with E-state index in [9.17, 15) is 5.26 Å². The molecule has 0 radical (unpaired) electrons. The molecular formula is C15H16N4. The van der Waals surface area contributed by atoms with Gasteiger partial charge in [-0.3, -0.25) is 0 Å². The Morgan fingerprint density at radius 2 is 1.63 bits per heavy atom. The number of hydrogen-bond donors (Lipinski definition) is 1. The largest absolute Gasteiger partial charge is 0.368 e. The Hall–Kier alpha value is -2.41. The van der Waals surface area contributed by atoms with Crippen molar-refractivity contribution in [3.8, 4) is 17.2 Å². The summed E-state index contributed by atoms with van der Waals surface area (Å²) in [5.74, 6) is 0.497. The van der Waals surface area contributed by atoms with Gasteiger partial charge in [0.25, 0.3) is 0 Å². The second-order valence-corrected chi connectivity index (χ2v) is 4.80. The topological polar surface area (TPSA) is 75.6 Å². The second-order valence-electron chi connectivity index (χ2n) is 4.80. The van der Waals surface area contributed by atoms with Gasteiger partial charge in [-0.05, 0) is 17.0 Å². The van der Waals surface area contributed by atoms with Crippen molar-refractivity contribution in [3.05, 3.63) is 42.2 Å². The number of nitrogen functional groups attached to an aromatic ring is 1. The minimum absolute atomic E-state index is 0.0725. The average Bonchev–Trinajstić information content (AvgIpc) is 2.41. The van der Waals surface area contributed by atoms with Gasteiger partial charge in [-0.1, -0.05) is 38.1 Å². The molecule has 0 bridgehead atoms. The molecule has 0 saturated carbocycles. The van der Waals surface area contributed by atoms with E-state index in [1.165, 1.54) is 0 Å².